The summed E-state index contributed by atoms with van der Waals surface area (Å²) in [6.45, 7) is 7.54. The zero-order valence-electron chi connectivity index (χ0n) is 18.5. The fraction of sp³-hybridized carbons (Fsp3) is 0.409. The fourth-order valence-corrected chi connectivity index (χ4v) is 4.80. The molecule has 0 aromatic heterocycles. The van der Waals surface area contributed by atoms with E-state index in [0.29, 0.717) is 5.02 Å². The first-order valence-corrected chi connectivity index (χ1v) is 12.4. The van der Waals surface area contributed by atoms with Crippen LogP contribution in [0, 0.1) is 6.92 Å². The predicted molar refractivity (Wildman–Crippen MR) is 127 cm³/mol. The molecule has 0 spiro atoms. The molecule has 9 heteroatoms. The second-order valence-corrected chi connectivity index (χ2v) is 10.5. The summed E-state index contributed by atoms with van der Waals surface area (Å²) >= 11 is 12.1. The monoisotopic (exact) mass is 486 g/mol. The lowest BCUT2D eigenvalue weighted by Gasteiger charge is -2.25. The van der Waals surface area contributed by atoms with Gasteiger partial charge in [0.2, 0.25) is 15.9 Å². The van der Waals surface area contributed by atoms with E-state index >= 15 is 0 Å². The van der Waals surface area contributed by atoms with Crippen molar-refractivity contribution in [2.75, 3.05) is 24.2 Å². The van der Waals surface area contributed by atoms with Gasteiger partial charge in [-0.3, -0.25) is 9.10 Å². The molecule has 1 N–H and O–H groups in total. The topological polar surface area (TPSA) is 75.7 Å². The van der Waals surface area contributed by atoms with Gasteiger partial charge in [0.25, 0.3) is 0 Å². The Morgan fingerprint density at radius 3 is 2.29 bits per heavy atom. The summed E-state index contributed by atoms with van der Waals surface area (Å²) < 4.78 is 31.1. The van der Waals surface area contributed by atoms with Gasteiger partial charge in [-0.15, -0.1) is 0 Å². The summed E-state index contributed by atoms with van der Waals surface area (Å²) in [6, 6.07) is 8.07. The van der Waals surface area contributed by atoms with Crippen LogP contribution in [0.3, 0.4) is 0 Å². The number of aryl methyl sites for hydroxylation is 1. The van der Waals surface area contributed by atoms with Gasteiger partial charge in [-0.25, -0.2) is 8.42 Å². The molecule has 170 valence electrons. The highest BCUT2D eigenvalue weighted by molar-refractivity contribution is 7.92. The molecule has 0 aliphatic heterocycles. The van der Waals surface area contributed by atoms with Crippen LogP contribution in [0.5, 0.6) is 5.75 Å². The minimum absolute atomic E-state index is 0.145. The van der Waals surface area contributed by atoms with Gasteiger partial charge in [0, 0.05) is 5.02 Å². The van der Waals surface area contributed by atoms with Crippen molar-refractivity contribution < 1.29 is 17.9 Å². The number of ether oxygens (including phenoxy) is 1. The third kappa shape index (κ3) is 6.28. The van der Waals surface area contributed by atoms with Crippen molar-refractivity contribution in [3.63, 3.8) is 0 Å². The zero-order chi connectivity index (χ0) is 23.5. The molecule has 1 atom stereocenters. The molecule has 2 aromatic carbocycles. The Morgan fingerprint density at radius 1 is 1.13 bits per heavy atom. The number of halogens is 2. The summed E-state index contributed by atoms with van der Waals surface area (Å²) in [5.74, 6) is 0.589. The van der Waals surface area contributed by atoms with Gasteiger partial charge in [-0.1, -0.05) is 37.0 Å². The SMILES string of the molecule is COc1cc(C)c([C@H](C)NC(=O)CN(c2ccc(Cl)cc2Cl)S(C)(=O)=O)cc1C(C)C. The molecule has 2 aromatic rings. The Kier molecular flexibility index (Phi) is 8.25. The second kappa shape index (κ2) is 10.1. The lowest BCUT2D eigenvalue weighted by Crippen LogP contribution is -2.41. The summed E-state index contributed by atoms with van der Waals surface area (Å²) in [5.41, 5.74) is 3.14. The second-order valence-electron chi connectivity index (χ2n) is 7.76. The van der Waals surface area contributed by atoms with Crippen LogP contribution in [0.4, 0.5) is 5.69 Å². The maximum atomic E-state index is 12.8. The van der Waals surface area contributed by atoms with E-state index in [1.54, 1.807) is 7.11 Å². The first kappa shape index (κ1) is 25.3. The molecule has 0 radical (unpaired) electrons. The maximum Gasteiger partial charge on any atom is 0.241 e. The highest BCUT2D eigenvalue weighted by atomic mass is 35.5. The number of nitrogens with zero attached hydrogens (tertiary/aromatic N) is 1. The van der Waals surface area contributed by atoms with Crippen molar-refractivity contribution >= 4 is 44.8 Å². The van der Waals surface area contributed by atoms with E-state index in [1.807, 2.05) is 26.0 Å². The number of carbonyl (C=O) groups is 1. The first-order valence-electron chi connectivity index (χ1n) is 9.75. The Balaban J connectivity index is 2.28. The molecule has 2 rings (SSSR count). The average Bonchev–Trinajstić information content (AvgIpc) is 2.65. The predicted octanol–water partition coefficient (Wildman–Crippen LogP) is 5.08. The van der Waals surface area contributed by atoms with E-state index in [9.17, 15) is 13.2 Å². The van der Waals surface area contributed by atoms with Gasteiger partial charge in [0.05, 0.1) is 30.1 Å². The Morgan fingerprint density at radius 2 is 1.77 bits per heavy atom. The van der Waals surface area contributed by atoms with Crippen LogP contribution in [-0.4, -0.2) is 34.2 Å². The highest BCUT2D eigenvalue weighted by Crippen LogP contribution is 2.33. The number of rotatable bonds is 8. The molecule has 0 heterocycles. The summed E-state index contributed by atoms with van der Waals surface area (Å²) in [6.07, 6.45) is 1.02. The van der Waals surface area contributed by atoms with Crippen LogP contribution in [-0.2, 0) is 14.8 Å². The molecule has 0 fully saturated rings. The Hall–Kier alpha value is -1.96. The normalized spacial score (nSPS) is 12.5. The molecule has 0 unspecified atom stereocenters. The largest absolute Gasteiger partial charge is 0.496 e. The van der Waals surface area contributed by atoms with Crippen LogP contribution < -0.4 is 14.4 Å². The maximum absolute atomic E-state index is 12.8. The third-order valence-corrected chi connectivity index (χ3v) is 6.61. The average molecular weight is 487 g/mol. The van der Waals surface area contributed by atoms with Crippen molar-refractivity contribution in [3.05, 3.63) is 57.1 Å². The van der Waals surface area contributed by atoms with Gasteiger partial charge < -0.3 is 10.1 Å². The van der Waals surface area contributed by atoms with Crippen LogP contribution in [0.1, 0.15) is 49.4 Å². The minimum Gasteiger partial charge on any atom is -0.496 e. The van der Waals surface area contributed by atoms with E-state index in [-0.39, 0.29) is 22.7 Å². The molecule has 0 bridgehead atoms. The third-order valence-electron chi connectivity index (χ3n) is 4.95. The van der Waals surface area contributed by atoms with Gasteiger partial charge >= 0.3 is 0 Å². The Bertz CT molecular complexity index is 1070. The number of methoxy groups -OCH3 is 1. The van der Waals surface area contributed by atoms with Gasteiger partial charge in [0.1, 0.15) is 12.3 Å². The van der Waals surface area contributed by atoms with Crippen molar-refractivity contribution in [1.82, 2.24) is 5.32 Å². The van der Waals surface area contributed by atoms with Crippen LogP contribution >= 0.6 is 23.2 Å². The molecule has 0 saturated carbocycles. The van der Waals surface area contributed by atoms with E-state index in [0.717, 1.165) is 33.0 Å². The number of benzene rings is 2. The van der Waals surface area contributed by atoms with Crippen molar-refractivity contribution in [2.45, 2.75) is 39.7 Å². The number of hydrogen-bond donors (Lipinski definition) is 1. The van der Waals surface area contributed by atoms with Crippen LogP contribution in [0.25, 0.3) is 0 Å². The summed E-state index contributed by atoms with van der Waals surface area (Å²) in [5, 5.41) is 3.41. The van der Waals surface area contributed by atoms with Crippen molar-refractivity contribution in [3.8, 4) is 5.75 Å². The van der Waals surface area contributed by atoms with E-state index < -0.39 is 22.5 Å². The minimum atomic E-state index is -3.76. The number of nitrogens with one attached hydrogen (secondary N) is 1. The van der Waals surface area contributed by atoms with Crippen molar-refractivity contribution in [2.24, 2.45) is 0 Å². The molecule has 31 heavy (non-hydrogen) atoms. The standard InChI is InChI=1S/C22H28Cl2N2O4S/c1-13(2)17-11-18(14(3)9-21(17)30-5)15(4)25-22(27)12-26(31(6,28)29)20-8-7-16(23)10-19(20)24/h7-11,13,15H,12H2,1-6H3,(H,25,27)/t15-/m0/s1. The molecule has 0 aliphatic carbocycles. The number of anilines is 1. The Labute approximate surface area is 194 Å². The van der Waals surface area contributed by atoms with Gasteiger partial charge in [0.15, 0.2) is 0 Å². The van der Waals surface area contributed by atoms with E-state index in [4.69, 9.17) is 27.9 Å². The number of carbonyl (C=O) groups excluding carboxylic acids is 1. The van der Waals surface area contributed by atoms with Crippen molar-refractivity contribution in [1.29, 1.82) is 0 Å². The molecular formula is C22H28Cl2N2O4S. The molecule has 1 amide bonds. The molecule has 0 saturated heterocycles. The molecule has 0 aliphatic rings. The van der Waals surface area contributed by atoms with Gasteiger partial charge in [-0.05, 0) is 66.8 Å². The highest BCUT2D eigenvalue weighted by Gasteiger charge is 2.24. The number of hydrogen-bond acceptors (Lipinski definition) is 4. The lowest BCUT2D eigenvalue weighted by molar-refractivity contribution is -0.120. The summed E-state index contributed by atoms with van der Waals surface area (Å²) in [7, 11) is -2.12. The molecular weight excluding hydrogens is 459 g/mol. The zero-order valence-corrected chi connectivity index (χ0v) is 20.8. The quantitative estimate of drug-likeness (QED) is 0.564. The smallest absolute Gasteiger partial charge is 0.241 e. The fourth-order valence-electron chi connectivity index (χ4n) is 3.37. The van der Waals surface area contributed by atoms with Gasteiger partial charge in [-0.2, -0.15) is 0 Å². The van der Waals surface area contributed by atoms with E-state index in [1.165, 1.54) is 18.2 Å². The number of amides is 1. The molecule has 6 nitrogen and oxygen atoms in total. The lowest BCUT2D eigenvalue weighted by atomic mass is 9.93. The van der Waals surface area contributed by atoms with E-state index in [2.05, 4.69) is 19.2 Å². The number of sulfonamides is 1. The summed E-state index contributed by atoms with van der Waals surface area (Å²) in [4.78, 5) is 12.8. The van der Waals surface area contributed by atoms with Crippen LogP contribution in [0.2, 0.25) is 10.0 Å². The first-order chi connectivity index (χ1) is 14.3. The van der Waals surface area contributed by atoms with Crippen LogP contribution in [0.15, 0.2) is 30.3 Å².